The molecular formula is C21H20F3N5O2. The monoisotopic (exact) mass is 431 g/mol. The van der Waals surface area contributed by atoms with Gasteiger partial charge in [0.05, 0.1) is 35.3 Å². The lowest BCUT2D eigenvalue weighted by molar-refractivity contribution is -0.137. The van der Waals surface area contributed by atoms with Crippen LogP contribution in [-0.2, 0) is 17.3 Å². The predicted octanol–water partition coefficient (Wildman–Crippen LogP) is 4.63. The molecule has 2 atom stereocenters. The molecule has 162 valence electrons. The first-order valence-electron chi connectivity index (χ1n) is 10.1. The standard InChI is InChI=1S/C21H20F3N5O2/c1-11-7-14(5-6-30-11)29-19(9-18-26-12(2)31-28-18)27-17-10-25-16-4-3-13(21(22,23)24)8-15(16)20(17)29/h3-4,8,10-11,14H,5-7,9H2,1-2H3/t11-,14?/m1/s1. The van der Waals surface area contributed by atoms with Crippen molar-refractivity contribution in [3.8, 4) is 0 Å². The number of imidazole rings is 1. The van der Waals surface area contributed by atoms with Crippen molar-refractivity contribution in [2.24, 2.45) is 0 Å². The summed E-state index contributed by atoms with van der Waals surface area (Å²) in [5, 5.41) is 4.39. The van der Waals surface area contributed by atoms with Crippen molar-refractivity contribution >= 4 is 21.9 Å². The van der Waals surface area contributed by atoms with Crippen molar-refractivity contribution in [1.82, 2.24) is 24.7 Å². The Kier molecular flexibility index (Phi) is 4.69. The number of nitrogens with zero attached hydrogens (tertiary/aromatic N) is 5. The zero-order valence-corrected chi connectivity index (χ0v) is 17.0. The van der Waals surface area contributed by atoms with Gasteiger partial charge in [0.2, 0.25) is 5.89 Å². The number of aryl methyl sites for hydroxylation is 1. The van der Waals surface area contributed by atoms with Gasteiger partial charge in [0.1, 0.15) is 11.3 Å². The predicted molar refractivity (Wildman–Crippen MR) is 106 cm³/mol. The Morgan fingerprint density at radius 2 is 2.03 bits per heavy atom. The third-order valence-electron chi connectivity index (χ3n) is 5.62. The highest BCUT2D eigenvalue weighted by Gasteiger charge is 2.32. The van der Waals surface area contributed by atoms with E-state index < -0.39 is 11.7 Å². The fourth-order valence-electron chi connectivity index (χ4n) is 4.28. The van der Waals surface area contributed by atoms with E-state index in [-0.39, 0.29) is 12.1 Å². The van der Waals surface area contributed by atoms with Gasteiger partial charge in [-0.15, -0.1) is 0 Å². The number of halogens is 3. The van der Waals surface area contributed by atoms with Crippen molar-refractivity contribution in [1.29, 1.82) is 0 Å². The SMILES string of the molecule is Cc1nc(Cc2nc3cnc4ccc(C(F)(F)F)cc4c3n2C2CCO[C@H](C)C2)no1. The second-order valence-corrected chi connectivity index (χ2v) is 7.89. The fraction of sp³-hybridized carbons (Fsp3) is 0.429. The summed E-state index contributed by atoms with van der Waals surface area (Å²) >= 11 is 0. The van der Waals surface area contributed by atoms with Gasteiger partial charge in [0, 0.05) is 25.0 Å². The summed E-state index contributed by atoms with van der Waals surface area (Å²) < 4.78 is 53.1. The van der Waals surface area contributed by atoms with Crippen LogP contribution >= 0.6 is 0 Å². The average Bonchev–Trinajstić information content (AvgIpc) is 3.30. The molecule has 1 fully saturated rings. The molecule has 0 aliphatic carbocycles. The van der Waals surface area contributed by atoms with E-state index in [1.54, 1.807) is 13.1 Å². The van der Waals surface area contributed by atoms with Gasteiger partial charge in [-0.2, -0.15) is 18.2 Å². The lowest BCUT2D eigenvalue weighted by Crippen LogP contribution is -2.26. The van der Waals surface area contributed by atoms with E-state index >= 15 is 0 Å². The van der Waals surface area contributed by atoms with Gasteiger partial charge >= 0.3 is 6.18 Å². The molecule has 1 saturated heterocycles. The maximum absolute atomic E-state index is 13.4. The van der Waals surface area contributed by atoms with Crippen molar-refractivity contribution in [3.63, 3.8) is 0 Å². The maximum atomic E-state index is 13.4. The van der Waals surface area contributed by atoms with Crippen LogP contribution in [0, 0.1) is 6.92 Å². The smallest absolute Gasteiger partial charge is 0.378 e. The minimum Gasteiger partial charge on any atom is -0.378 e. The molecule has 0 amide bonds. The second kappa shape index (κ2) is 7.30. The van der Waals surface area contributed by atoms with E-state index in [1.807, 2.05) is 11.5 Å². The highest BCUT2D eigenvalue weighted by Crippen LogP contribution is 2.37. The number of hydrogen-bond donors (Lipinski definition) is 0. The molecule has 0 radical (unpaired) electrons. The summed E-state index contributed by atoms with van der Waals surface area (Å²) in [6.45, 7) is 4.27. The molecule has 1 aliphatic rings. The minimum atomic E-state index is -4.45. The van der Waals surface area contributed by atoms with Crippen LogP contribution in [-0.4, -0.2) is 37.4 Å². The third kappa shape index (κ3) is 3.65. The van der Waals surface area contributed by atoms with Gasteiger partial charge in [-0.3, -0.25) is 4.98 Å². The molecule has 1 aromatic carbocycles. The number of benzene rings is 1. The Morgan fingerprint density at radius 1 is 1.19 bits per heavy atom. The van der Waals surface area contributed by atoms with Crippen molar-refractivity contribution in [3.05, 3.63) is 47.5 Å². The van der Waals surface area contributed by atoms with Gasteiger partial charge in [-0.05, 0) is 38.0 Å². The lowest BCUT2D eigenvalue weighted by Gasteiger charge is -2.30. The van der Waals surface area contributed by atoms with E-state index in [2.05, 4.69) is 15.1 Å². The molecule has 0 spiro atoms. The van der Waals surface area contributed by atoms with E-state index in [9.17, 15) is 13.2 Å². The van der Waals surface area contributed by atoms with Crippen LogP contribution in [0.3, 0.4) is 0 Å². The highest BCUT2D eigenvalue weighted by molar-refractivity contribution is 6.02. The summed E-state index contributed by atoms with van der Waals surface area (Å²) in [7, 11) is 0. The first-order chi connectivity index (χ1) is 14.8. The van der Waals surface area contributed by atoms with Crippen LogP contribution < -0.4 is 0 Å². The first-order valence-corrected chi connectivity index (χ1v) is 10.1. The summed E-state index contributed by atoms with van der Waals surface area (Å²) in [6, 6.07) is 3.65. The summed E-state index contributed by atoms with van der Waals surface area (Å²) in [4.78, 5) is 13.3. The molecule has 1 aliphatic heterocycles. The minimum absolute atomic E-state index is 0.0249. The number of ether oxygens (including phenoxy) is 1. The second-order valence-electron chi connectivity index (χ2n) is 7.89. The van der Waals surface area contributed by atoms with Gasteiger partial charge in [-0.25, -0.2) is 4.98 Å². The fourth-order valence-corrected chi connectivity index (χ4v) is 4.28. The lowest BCUT2D eigenvalue weighted by atomic mass is 10.0. The Hall–Kier alpha value is -3.01. The van der Waals surface area contributed by atoms with Gasteiger partial charge in [-0.1, -0.05) is 5.16 Å². The van der Waals surface area contributed by atoms with E-state index in [0.717, 1.165) is 25.0 Å². The molecular weight excluding hydrogens is 411 g/mol. The van der Waals surface area contributed by atoms with Crippen LogP contribution in [0.1, 0.15) is 48.9 Å². The number of pyridine rings is 1. The zero-order chi connectivity index (χ0) is 21.8. The Labute approximate surface area is 175 Å². The molecule has 3 aromatic heterocycles. The molecule has 10 heteroatoms. The Balaban J connectivity index is 1.75. The molecule has 1 unspecified atom stereocenters. The normalized spacial score (nSPS) is 20.0. The summed E-state index contributed by atoms with van der Waals surface area (Å²) in [6.07, 6.45) is -1.04. The molecule has 0 bridgehead atoms. The molecule has 4 aromatic rings. The van der Waals surface area contributed by atoms with Crippen molar-refractivity contribution in [2.45, 2.75) is 51.4 Å². The van der Waals surface area contributed by atoms with Crippen LogP contribution in [0.15, 0.2) is 28.9 Å². The molecule has 4 heterocycles. The van der Waals surface area contributed by atoms with Gasteiger partial charge < -0.3 is 13.8 Å². The number of aromatic nitrogens is 5. The largest absolute Gasteiger partial charge is 0.416 e. The highest BCUT2D eigenvalue weighted by atomic mass is 19.4. The molecule has 0 N–H and O–H groups in total. The van der Waals surface area contributed by atoms with Crippen LogP contribution in [0.25, 0.3) is 21.9 Å². The summed E-state index contributed by atoms with van der Waals surface area (Å²) in [5.41, 5.74) is 0.966. The first kappa shape index (κ1) is 19.9. The quantitative estimate of drug-likeness (QED) is 0.471. The number of fused-ring (bicyclic) bond motifs is 3. The number of alkyl halides is 3. The topological polar surface area (TPSA) is 78.9 Å². The van der Waals surface area contributed by atoms with Crippen LogP contribution in [0.4, 0.5) is 13.2 Å². The Bertz CT molecular complexity index is 1260. The van der Waals surface area contributed by atoms with E-state index in [0.29, 0.717) is 52.5 Å². The van der Waals surface area contributed by atoms with Crippen LogP contribution in [0.2, 0.25) is 0 Å². The van der Waals surface area contributed by atoms with E-state index in [1.165, 1.54) is 6.07 Å². The molecule has 7 nitrogen and oxygen atoms in total. The zero-order valence-electron chi connectivity index (χ0n) is 17.0. The summed E-state index contributed by atoms with van der Waals surface area (Å²) in [5.74, 6) is 1.59. The van der Waals surface area contributed by atoms with Crippen LogP contribution in [0.5, 0.6) is 0 Å². The van der Waals surface area contributed by atoms with E-state index in [4.69, 9.17) is 14.2 Å². The maximum Gasteiger partial charge on any atom is 0.416 e. The molecule has 0 saturated carbocycles. The third-order valence-corrected chi connectivity index (χ3v) is 5.62. The number of hydrogen-bond acceptors (Lipinski definition) is 6. The number of rotatable bonds is 3. The molecule has 5 rings (SSSR count). The molecule has 31 heavy (non-hydrogen) atoms. The van der Waals surface area contributed by atoms with Crippen molar-refractivity contribution < 1.29 is 22.4 Å². The van der Waals surface area contributed by atoms with Crippen molar-refractivity contribution in [2.75, 3.05) is 6.61 Å². The Morgan fingerprint density at radius 3 is 2.74 bits per heavy atom. The average molecular weight is 431 g/mol. The van der Waals surface area contributed by atoms with Gasteiger partial charge in [0.25, 0.3) is 0 Å². The van der Waals surface area contributed by atoms with Gasteiger partial charge in [0.15, 0.2) is 5.82 Å².